The third-order valence-corrected chi connectivity index (χ3v) is 3.74. The minimum Gasteiger partial charge on any atom is -0.436 e. The molecule has 1 fully saturated rings. The molecule has 0 radical (unpaired) electrons. The number of nitrogens with one attached hydrogen (secondary N) is 1. The molecule has 0 bridgehead atoms. The van der Waals surface area contributed by atoms with E-state index in [1.165, 1.54) is 12.8 Å². The summed E-state index contributed by atoms with van der Waals surface area (Å²) in [5.41, 5.74) is 0.907. The summed E-state index contributed by atoms with van der Waals surface area (Å²) >= 11 is 9.44. The Morgan fingerprint density at radius 2 is 2.15 bits per heavy atom. The molecule has 0 atom stereocenters. The molecular formula is C14H13BrClN3O. The molecule has 2 aromatic rings. The number of hydrogen-bond acceptors (Lipinski definition) is 4. The highest BCUT2D eigenvalue weighted by Gasteiger charge is 2.20. The topological polar surface area (TPSA) is 47.0 Å². The van der Waals surface area contributed by atoms with E-state index in [4.69, 9.17) is 16.3 Å². The SMILES string of the molecule is Clc1ccc(Br)cc1Oc1cnc(CNC2CC2)cn1. The van der Waals surface area contributed by atoms with Crippen LogP contribution in [0.15, 0.2) is 35.1 Å². The number of benzene rings is 1. The Labute approximate surface area is 130 Å². The van der Waals surface area contributed by atoms with Crippen molar-refractivity contribution in [2.75, 3.05) is 0 Å². The van der Waals surface area contributed by atoms with Crippen LogP contribution in [-0.2, 0) is 6.54 Å². The second-order valence-corrected chi connectivity index (χ2v) is 6.00. The van der Waals surface area contributed by atoms with Gasteiger partial charge in [-0.1, -0.05) is 27.5 Å². The van der Waals surface area contributed by atoms with E-state index in [2.05, 4.69) is 31.2 Å². The van der Waals surface area contributed by atoms with E-state index in [0.717, 1.165) is 16.7 Å². The zero-order chi connectivity index (χ0) is 13.9. The molecule has 0 unspecified atom stereocenters. The van der Waals surface area contributed by atoms with Crippen molar-refractivity contribution >= 4 is 27.5 Å². The molecule has 0 saturated heterocycles. The lowest BCUT2D eigenvalue weighted by molar-refractivity contribution is 0.458. The summed E-state index contributed by atoms with van der Waals surface area (Å²) in [4.78, 5) is 8.57. The van der Waals surface area contributed by atoms with Gasteiger partial charge in [0.1, 0.15) is 5.75 Å². The maximum Gasteiger partial charge on any atom is 0.237 e. The van der Waals surface area contributed by atoms with Gasteiger partial charge in [0.05, 0.1) is 23.1 Å². The fourth-order valence-corrected chi connectivity index (χ4v) is 2.19. The van der Waals surface area contributed by atoms with E-state index < -0.39 is 0 Å². The lowest BCUT2D eigenvalue weighted by Gasteiger charge is -2.07. The highest BCUT2D eigenvalue weighted by atomic mass is 79.9. The summed E-state index contributed by atoms with van der Waals surface area (Å²) in [5, 5.41) is 3.92. The Morgan fingerprint density at radius 1 is 1.30 bits per heavy atom. The van der Waals surface area contributed by atoms with Gasteiger partial charge in [0, 0.05) is 17.1 Å². The van der Waals surface area contributed by atoms with Crippen molar-refractivity contribution in [2.24, 2.45) is 0 Å². The summed E-state index contributed by atoms with van der Waals surface area (Å²) in [5.74, 6) is 0.986. The Kier molecular flexibility index (Phi) is 4.19. The van der Waals surface area contributed by atoms with Gasteiger partial charge < -0.3 is 10.1 Å². The van der Waals surface area contributed by atoms with Crippen LogP contribution in [0, 0.1) is 0 Å². The third-order valence-electron chi connectivity index (χ3n) is 2.94. The number of halogens is 2. The van der Waals surface area contributed by atoms with Crippen LogP contribution in [0.4, 0.5) is 0 Å². The lowest BCUT2D eigenvalue weighted by Crippen LogP contribution is -2.16. The summed E-state index contributed by atoms with van der Waals surface area (Å²) in [6, 6.07) is 6.08. The van der Waals surface area contributed by atoms with E-state index in [1.54, 1.807) is 24.5 Å². The van der Waals surface area contributed by atoms with Crippen LogP contribution in [0.5, 0.6) is 11.6 Å². The van der Waals surface area contributed by atoms with E-state index in [-0.39, 0.29) is 0 Å². The maximum absolute atomic E-state index is 6.06. The molecule has 1 aliphatic rings. The fraction of sp³-hybridized carbons (Fsp3) is 0.286. The van der Waals surface area contributed by atoms with Gasteiger partial charge in [0.2, 0.25) is 5.88 Å². The summed E-state index contributed by atoms with van der Waals surface area (Å²) < 4.78 is 6.53. The molecule has 1 aromatic heterocycles. The van der Waals surface area contributed by atoms with Gasteiger partial charge in [0.15, 0.2) is 0 Å². The number of nitrogens with zero attached hydrogens (tertiary/aromatic N) is 2. The van der Waals surface area contributed by atoms with E-state index >= 15 is 0 Å². The molecule has 1 aromatic carbocycles. The van der Waals surface area contributed by atoms with Crippen molar-refractivity contribution < 1.29 is 4.74 Å². The minimum absolute atomic E-state index is 0.431. The summed E-state index contributed by atoms with van der Waals surface area (Å²) in [6.45, 7) is 0.746. The molecule has 3 rings (SSSR count). The fourth-order valence-electron chi connectivity index (χ4n) is 1.69. The maximum atomic E-state index is 6.06. The monoisotopic (exact) mass is 353 g/mol. The quantitative estimate of drug-likeness (QED) is 0.883. The second kappa shape index (κ2) is 6.08. The standard InChI is InChI=1S/C14H13BrClN3O/c15-9-1-4-12(16)13(5-9)20-14-8-18-11(7-19-14)6-17-10-2-3-10/h1,4-5,7-8,10,17H,2-3,6H2. The van der Waals surface area contributed by atoms with Gasteiger partial charge in [-0.05, 0) is 31.0 Å². The van der Waals surface area contributed by atoms with Crippen LogP contribution >= 0.6 is 27.5 Å². The largest absolute Gasteiger partial charge is 0.436 e. The van der Waals surface area contributed by atoms with Crippen LogP contribution in [0.1, 0.15) is 18.5 Å². The van der Waals surface area contributed by atoms with Crippen molar-refractivity contribution in [3.8, 4) is 11.6 Å². The predicted octanol–water partition coefficient (Wildman–Crippen LogP) is 3.94. The molecule has 1 aliphatic carbocycles. The first-order valence-corrected chi connectivity index (χ1v) is 7.55. The van der Waals surface area contributed by atoms with Gasteiger partial charge in [-0.25, -0.2) is 4.98 Å². The number of ether oxygens (including phenoxy) is 1. The number of aromatic nitrogens is 2. The van der Waals surface area contributed by atoms with Gasteiger partial charge in [-0.2, -0.15) is 0 Å². The molecule has 0 amide bonds. The third kappa shape index (κ3) is 3.69. The molecular weight excluding hydrogens is 342 g/mol. The Balaban J connectivity index is 1.66. The van der Waals surface area contributed by atoms with Gasteiger partial charge in [-0.15, -0.1) is 0 Å². The lowest BCUT2D eigenvalue weighted by atomic mass is 10.3. The van der Waals surface area contributed by atoms with Crippen molar-refractivity contribution in [3.05, 3.63) is 45.8 Å². The van der Waals surface area contributed by atoms with Crippen molar-refractivity contribution in [1.82, 2.24) is 15.3 Å². The van der Waals surface area contributed by atoms with Gasteiger partial charge in [0.25, 0.3) is 0 Å². The molecule has 0 spiro atoms. The molecule has 0 aliphatic heterocycles. The normalized spacial score (nSPS) is 14.3. The smallest absolute Gasteiger partial charge is 0.237 e. The molecule has 4 nitrogen and oxygen atoms in total. The van der Waals surface area contributed by atoms with Crippen LogP contribution in [0.2, 0.25) is 5.02 Å². The number of hydrogen-bond donors (Lipinski definition) is 1. The van der Waals surface area contributed by atoms with Gasteiger partial charge in [-0.3, -0.25) is 4.98 Å². The first-order valence-electron chi connectivity index (χ1n) is 6.38. The minimum atomic E-state index is 0.431. The van der Waals surface area contributed by atoms with Crippen molar-refractivity contribution in [3.63, 3.8) is 0 Å². The number of rotatable bonds is 5. The van der Waals surface area contributed by atoms with Crippen LogP contribution in [0.25, 0.3) is 0 Å². The van der Waals surface area contributed by atoms with E-state index in [1.807, 2.05) is 6.07 Å². The Morgan fingerprint density at radius 3 is 2.85 bits per heavy atom. The van der Waals surface area contributed by atoms with Crippen molar-refractivity contribution in [1.29, 1.82) is 0 Å². The first kappa shape index (κ1) is 13.8. The molecule has 104 valence electrons. The highest BCUT2D eigenvalue weighted by Crippen LogP contribution is 2.30. The molecule has 1 N–H and O–H groups in total. The average Bonchev–Trinajstić information content (AvgIpc) is 3.26. The average molecular weight is 355 g/mol. The van der Waals surface area contributed by atoms with E-state index in [0.29, 0.717) is 22.7 Å². The second-order valence-electron chi connectivity index (χ2n) is 4.68. The zero-order valence-corrected chi connectivity index (χ0v) is 13.0. The van der Waals surface area contributed by atoms with E-state index in [9.17, 15) is 0 Å². The summed E-state index contributed by atoms with van der Waals surface area (Å²) in [6.07, 6.45) is 5.85. The van der Waals surface area contributed by atoms with Crippen LogP contribution in [-0.4, -0.2) is 16.0 Å². The molecule has 1 saturated carbocycles. The van der Waals surface area contributed by atoms with Gasteiger partial charge >= 0.3 is 0 Å². The zero-order valence-electron chi connectivity index (χ0n) is 10.6. The predicted molar refractivity (Wildman–Crippen MR) is 81.1 cm³/mol. The molecule has 1 heterocycles. The summed E-state index contributed by atoms with van der Waals surface area (Å²) in [7, 11) is 0. The Bertz CT molecular complexity index is 602. The Hall–Kier alpha value is -1.17. The highest BCUT2D eigenvalue weighted by molar-refractivity contribution is 9.10. The molecule has 6 heteroatoms. The molecule has 20 heavy (non-hydrogen) atoms. The van der Waals surface area contributed by atoms with Crippen molar-refractivity contribution in [2.45, 2.75) is 25.4 Å². The van der Waals surface area contributed by atoms with Crippen LogP contribution < -0.4 is 10.1 Å². The van der Waals surface area contributed by atoms with Crippen LogP contribution in [0.3, 0.4) is 0 Å². The first-order chi connectivity index (χ1) is 9.70.